The number of carboxylic acid groups (broad SMARTS) is 1. The Morgan fingerprint density at radius 3 is 2.50 bits per heavy atom. The summed E-state index contributed by atoms with van der Waals surface area (Å²) in [5.41, 5.74) is 0.500. The van der Waals surface area contributed by atoms with E-state index in [4.69, 9.17) is 32.7 Å². The summed E-state index contributed by atoms with van der Waals surface area (Å²) in [4.78, 5) is 26.0. The van der Waals surface area contributed by atoms with Crippen molar-refractivity contribution in [3.8, 4) is 11.5 Å². The summed E-state index contributed by atoms with van der Waals surface area (Å²) in [6, 6.07) is 13.0. The van der Waals surface area contributed by atoms with Gasteiger partial charge in [0.2, 0.25) is 0 Å². The van der Waals surface area contributed by atoms with Gasteiger partial charge in [0.15, 0.2) is 6.61 Å². The van der Waals surface area contributed by atoms with E-state index in [1.807, 2.05) is 25.1 Å². The minimum atomic E-state index is -1.14. The lowest BCUT2D eigenvalue weighted by Gasteiger charge is -2.15. The first-order valence-corrected chi connectivity index (χ1v) is 10.5. The average Bonchev–Trinajstić information content (AvgIpc) is 2.72. The highest BCUT2D eigenvalue weighted by Gasteiger charge is 2.16. The summed E-state index contributed by atoms with van der Waals surface area (Å²) in [7, 11) is 3.88. The van der Waals surface area contributed by atoms with E-state index in [1.165, 1.54) is 18.2 Å². The lowest BCUT2D eigenvalue weighted by molar-refractivity contribution is -0.118. The molecule has 9 heteroatoms. The molecule has 0 bridgehead atoms. The van der Waals surface area contributed by atoms with Gasteiger partial charge in [-0.3, -0.25) is 4.79 Å². The van der Waals surface area contributed by atoms with E-state index in [2.05, 4.69) is 5.32 Å². The van der Waals surface area contributed by atoms with Crippen molar-refractivity contribution in [3.63, 3.8) is 0 Å². The minimum absolute atomic E-state index is 0.00845. The minimum Gasteiger partial charge on any atom is -0.490 e. The normalized spacial score (nSPS) is 10.9. The molecule has 0 atom stereocenters. The summed E-state index contributed by atoms with van der Waals surface area (Å²) < 4.78 is 11.4. The molecule has 0 aliphatic heterocycles. The number of hydrogen-bond donors (Lipinski definition) is 2. The van der Waals surface area contributed by atoms with Gasteiger partial charge in [0.25, 0.3) is 5.91 Å². The maximum absolute atomic E-state index is 12.5. The van der Waals surface area contributed by atoms with E-state index in [0.29, 0.717) is 38.9 Å². The molecule has 0 fully saturated rings. The lowest BCUT2D eigenvalue weighted by atomic mass is 10.1. The number of hydrogen-bond acceptors (Lipinski definition) is 5. The SMILES string of the molecule is CN(C)CCOc1ccccc1NC(=O)COc1cc(C(=O)O)cc2cc(Cl)cc(Cl)c12. The van der Waals surface area contributed by atoms with Gasteiger partial charge in [0.1, 0.15) is 18.1 Å². The number of benzene rings is 3. The van der Waals surface area contributed by atoms with E-state index >= 15 is 0 Å². The van der Waals surface area contributed by atoms with E-state index in [9.17, 15) is 14.7 Å². The molecular formula is C23H22Cl2N2O5. The molecule has 3 rings (SSSR count). The molecule has 168 valence electrons. The van der Waals surface area contributed by atoms with Gasteiger partial charge < -0.3 is 24.8 Å². The molecule has 0 unspecified atom stereocenters. The van der Waals surface area contributed by atoms with Crippen LogP contribution in [0.4, 0.5) is 5.69 Å². The van der Waals surface area contributed by atoms with Gasteiger partial charge in [-0.15, -0.1) is 0 Å². The Hall–Kier alpha value is -3.00. The second-order valence-electron chi connectivity index (χ2n) is 7.25. The number of para-hydroxylation sites is 2. The lowest BCUT2D eigenvalue weighted by Crippen LogP contribution is -2.22. The molecule has 3 aromatic carbocycles. The van der Waals surface area contributed by atoms with E-state index in [-0.39, 0.29) is 17.9 Å². The van der Waals surface area contributed by atoms with Gasteiger partial charge in [-0.05, 0) is 55.9 Å². The summed E-state index contributed by atoms with van der Waals surface area (Å²) in [5, 5.41) is 13.8. The fourth-order valence-corrected chi connectivity index (χ4v) is 3.59. The van der Waals surface area contributed by atoms with Crippen LogP contribution in [-0.2, 0) is 4.79 Å². The van der Waals surface area contributed by atoms with Crippen LogP contribution in [0.5, 0.6) is 11.5 Å². The van der Waals surface area contributed by atoms with Gasteiger partial charge in [0.05, 0.1) is 16.3 Å². The topological polar surface area (TPSA) is 88.1 Å². The van der Waals surface area contributed by atoms with Gasteiger partial charge in [-0.25, -0.2) is 4.79 Å². The Morgan fingerprint density at radius 2 is 1.78 bits per heavy atom. The van der Waals surface area contributed by atoms with Crippen LogP contribution in [0, 0.1) is 0 Å². The standard InChI is InChI=1S/C23H22Cl2N2O5/c1-27(2)7-8-31-19-6-4-3-5-18(19)26-21(28)13-32-20-11-15(23(29)30)9-14-10-16(24)12-17(25)22(14)20/h3-6,9-12H,7-8,13H2,1-2H3,(H,26,28)(H,29,30). The molecule has 0 saturated carbocycles. The molecule has 0 saturated heterocycles. The summed E-state index contributed by atoms with van der Waals surface area (Å²) in [5.74, 6) is -0.861. The molecule has 0 aliphatic carbocycles. The molecule has 7 nitrogen and oxygen atoms in total. The van der Waals surface area contributed by atoms with Crippen molar-refractivity contribution in [2.45, 2.75) is 0 Å². The third-order valence-electron chi connectivity index (χ3n) is 4.49. The van der Waals surface area contributed by atoms with Crippen molar-refractivity contribution < 1.29 is 24.2 Å². The van der Waals surface area contributed by atoms with E-state index in [1.54, 1.807) is 24.3 Å². The Balaban J connectivity index is 1.76. The van der Waals surface area contributed by atoms with Crippen molar-refractivity contribution in [2.75, 3.05) is 39.2 Å². The number of aromatic carboxylic acids is 1. The largest absolute Gasteiger partial charge is 0.490 e. The van der Waals surface area contributed by atoms with E-state index in [0.717, 1.165) is 6.54 Å². The number of nitrogens with zero attached hydrogens (tertiary/aromatic N) is 1. The smallest absolute Gasteiger partial charge is 0.335 e. The first kappa shape index (κ1) is 23.7. The zero-order valence-corrected chi connectivity index (χ0v) is 19.0. The number of rotatable bonds is 9. The highest BCUT2D eigenvalue weighted by molar-refractivity contribution is 6.39. The fourth-order valence-electron chi connectivity index (χ4n) is 2.99. The molecule has 2 N–H and O–H groups in total. The maximum Gasteiger partial charge on any atom is 0.335 e. The summed E-state index contributed by atoms with van der Waals surface area (Å²) in [6.45, 7) is 0.831. The number of amides is 1. The van der Waals surface area contributed by atoms with Crippen LogP contribution >= 0.6 is 23.2 Å². The molecule has 3 aromatic rings. The Kier molecular flexibility index (Phi) is 7.80. The Morgan fingerprint density at radius 1 is 1.03 bits per heavy atom. The second kappa shape index (κ2) is 10.5. The second-order valence-corrected chi connectivity index (χ2v) is 8.09. The highest BCUT2D eigenvalue weighted by atomic mass is 35.5. The first-order chi connectivity index (χ1) is 15.2. The zero-order valence-electron chi connectivity index (χ0n) is 17.5. The maximum atomic E-state index is 12.5. The number of halogens is 2. The van der Waals surface area contributed by atoms with Crippen molar-refractivity contribution in [1.82, 2.24) is 4.90 Å². The third kappa shape index (κ3) is 6.03. The number of anilines is 1. The molecule has 0 heterocycles. The third-order valence-corrected chi connectivity index (χ3v) is 5.01. The molecule has 0 aliphatic rings. The number of likely N-dealkylation sites (N-methyl/N-ethyl adjacent to an activating group) is 1. The Bertz CT molecular complexity index is 1150. The molecule has 32 heavy (non-hydrogen) atoms. The molecular weight excluding hydrogens is 455 g/mol. The number of carboxylic acids is 1. The monoisotopic (exact) mass is 476 g/mol. The zero-order chi connectivity index (χ0) is 23.3. The van der Waals surface area contributed by atoms with Gasteiger partial charge in [0, 0.05) is 17.0 Å². The fraction of sp³-hybridized carbons (Fsp3) is 0.217. The predicted molar refractivity (Wildman–Crippen MR) is 126 cm³/mol. The molecule has 1 amide bonds. The first-order valence-electron chi connectivity index (χ1n) is 9.70. The number of nitrogens with one attached hydrogen (secondary N) is 1. The Labute approximate surface area is 195 Å². The van der Waals surface area contributed by atoms with Crippen LogP contribution in [0.1, 0.15) is 10.4 Å². The van der Waals surface area contributed by atoms with Crippen LogP contribution in [0.2, 0.25) is 10.0 Å². The molecule has 0 aromatic heterocycles. The predicted octanol–water partition coefficient (Wildman–Crippen LogP) is 4.80. The van der Waals surface area contributed by atoms with Crippen molar-refractivity contribution in [1.29, 1.82) is 0 Å². The van der Waals surface area contributed by atoms with E-state index < -0.39 is 11.9 Å². The van der Waals surface area contributed by atoms with Crippen molar-refractivity contribution in [3.05, 3.63) is 64.1 Å². The quantitative estimate of drug-likeness (QED) is 0.460. The van der Waals surface area contributed by atoms with Crippen LogP contribution in [0.3, 0.4) is 0 Å². The number of carbonyl (C=O) groups is 2. The van der Waals surface area contributed by atoms with Crippen LogP contribution < -0.4 is 14.8 Å². The van der Waals surface area contributed by atoms with Gasteiger partial charge in [-0.1, -0.05) is 35.3 Å². The van der Waals surface area contributed by atoms with Crippen LogP contribution in [-0.4, -0.2) is 55.7 Å². The number of carbonyl (C=O) groups excluding carboxylic acids is 1. The molecule has 0 radical (unpaired) electrons. The number of ether oxygens (including phenoxy) is 2. The van der Waals surface area contributed by atoms with Crippen molar-refractivity contribution >= 4 is 51.5 Å². The van der Waals surface area contributed by atoms with Crippen molar-refractivity contribution in [2.24, 2.45) is 0 Å². The van der Waals surface area contributed by atoms with Gasteiger partial charge in [-0.2, -0.15) is 0 Å². The van der Waals surface area contributed by atoms with Gasteiger partial charge >= 0.3 is 5.97 Å². The highest BCUT2D eigenvalue weighted by Crippen LogP contribution is 2.36. The van der Waals surface area contributed by atoms with Crippen LogP contribution in [0.25, 0.3) is 10.8 Å². The summed E-state index contributed by atoms with van der Waals surface area (Å²) in [6.07, 6.45) is 0. The average molecular weight is 477 g/mol. The van der Waals surface area contributed by atoms with Crippen LogP contribution in [0.15, 0.2) is 48.5 Å². The number of fused-ring (bicyclic) bond motifs is 1. The molecule has 0 spiro atoms. The summed E-state index contributed by atoms with van der Waals surface area (Å²) >= 11 is 12.3.